The summed E-state index contributed by atoms with van der Waals surface area (Å²) < 4.78 is 4.92. The zero-order valence-corrected chi connectivity index (χ0v) is 12.9. The second kappa shape index (κ2) is 10.7. The predicted molar refractivity (Wildman–Crippen MR) is 60.6 cm³/mol. The minimum Gasteiger partial charge on any atom is -0.852 e. The third-order valence-electron chi connectivity index (χ3n) is 0.962. The largest absolute Gasteiger partial charge is 1.00 e. The standard InChI is InChI=1S/C7H7NOS.CH3NOS.K/c8-7(10)9-6-4-2-1-3-5-6;2-1(3)4;/h1-5H,(H2,8,10);(H3,2,3,4);/q;;+1/p-1. The van der Waals surface area contributed by atoms with Gasteiger partial charge in [-0.25, -0.2) is 0 Å². The summed E-state index contributed by atoms with van der Waals surface area (Å²) in [4.78, 5) is 0. The molecule has 0 heterocycles. The fourth-order valence-electron chi connectivity index (χ4n) is 0.605. The van der Waals surface area contributed by atoms with E-state index in [4.69, 9.17) is 15.6 Å². The number of ether oxygens (including phenoxy) is 1. The summed E-state index contributed by atoms with van der Waals surface area (Å²) in [5, 5.41) is 8.33. The van der Waals surface area contributed by atoms with Crippen molar-refractivity contribution in [3.05, 3.63) is 30.3 Å². The van der Waals surface area contributed by atoms with E-state index >= 15 is 0 Å². The van der Waals surface area contributed by atoms with Crippen LogP contribution in [0.15, 0.2) is 30.3 Å². The van der Waals surface area contributed by atoms with Crippen LogP contribution in [0.3, 0.4) is 0 Å². The van der Waals surface area contributed by atoms with Gasteiger partial charge in [-0.2, -0.15) is 0 Å². The molecule has 0 saturated carbocycles. The molecule has 1 aromatic carbocycles. The van der Waals surface area contributed by atoms with Crippen molar-refractivity contribution >= 4 is 34.8 Å². The van der Waals surface area contributed by atoms with Gasteiger partial charge in [0.05, 0.1) is 0 Å². The van der Waals surface area contributed by atoms with E-state index in [1.54, 1.807) is 12.1 Å². The van der Waals surface area contributed by atoms with Crippen LogP contribution in [0.4, 0.5) is 0 Å². The Kier molecular flexibility index (Phi) is 12.6. The molecule has 15 heavy (non-hydrogen) atoms. The van der Waals surface area contributed by atoms with Crippen molar-refractivity contribution in [2.75, 3.05) is 0 Å². The molecule has 0 fully saturated rings. The molecule has 4 N–H and O–H groups in total. The van der Waals surface area contributed by atoms with Crippen LogP contribution >= 0.6 is 24.4 Å². The van der Waals surface area contributed by atoms with Crippen molar-refractivity contribution in [1.29, 1.82) is 0 Å². The summed E-state index contributed by atoms with van der Waals surface area (Å²) in [6.45, 7) is 0. The van der Waals surface area contributed by atoms with E-state index in [1.165, 1.54) is 0 Å². The average molecular weight is 268 g/mol. The van der Waals surface area contributed by atoms with E-state index in [1.807, 2.05) is 18.2 Å². The molecule has 0 atom stereocenters. The monoisotopic (exact) mass is 268 g/mol. The molecule has 0 bridgehead atoms. The Labute approximate surface area is 141 Å². The zero-order valence-electron chi connectivity index (χ0n) is 8.17. The molecule has 4 nitrogen and oxygen atoms in total. The first-order valence-electron chi connectivity index (χ1n) is 3.51. The number of para-hydroxylation sites is 1. The molecule has 7 heteroatoms. The number of rotatable bonds is 1. The maximum atomic E-state index is 9.04. The topological polar surface area (TPSA) is 84.3 Å². The van der Waals surface area contributed by atoms with Crippen molar-refractivity contribution < 1.29 is 61.2 Å². The van der Waals surface area contributed by atoms with Crippen LogP contribution in [-0.2, 0) is 0 Å². The van der Waals surface area contributed by atoms with E-state index in [9.17, 15) is 0 Å². The number of benzene rings is 1. The Morgan fingerprint density at radius 2 is 1.53 bits per heavy atom. The molecule has 0 saturated heterocycles. The molecule has 0 aliphatic heterocycles. The molecular weight excluding hydrogens is 259 g/mol. The van der Waals surface area contributed by atoms with Crippen molar-refractivity contribution in [2.45, 2.75) is 0 Å². The van der Waals surface area contributed by atoms with Crippen LogP contribution in [-0.4, -0.2) is 10.3 Å². The van der Waals surface area contributed by atoms with Gasteiger partial charge in [-0.3, -0.25) is 0 Å². The minimum atomic E-state index is -0.750. The van der Waals surface area contributed by atoms with Crippen LogP contribution in [0.5, 0.6) is 5.75 Å². The first kappa shape index (κ1) is 17.6. The second-order valence-electron chi connectivity index (χ2n) is 2.05. The van der Waals surface area contributed by atoms with Crippen LogP contribution in [0.2, 0.25) is 0 Å². The normalized spacial score (nSPS) is 7.47. The van der Waals surface area contributed by atoms with Crippen molar-refractivity contribution in [2.24, 2.45) is 11.5 Å². The van der Waals surface area contributed by atoms with Crippen molar-refractivity contribution in [3.8, 4) is 5.75 Å². The van der Waals surface area contributed by atoms with E-state index < -0.39 is 5.17 Å². The summed E-state index contributed by atoms with van der Waals surface area (Å²) in [6.07, 6.45) is 0. The molecule has 76 valence electrons. The Bertz CT molecular complexity index is 305. The van der Waals surface area contributed by atoms with Crippen LogP contribution < -0.4 is 72.7 Å². The van der Waals surface area contributed by atoms with Crippen LogP contribution in [0.25, 0.3) is 0 Å². The predicted octanol–water partition coefficient (Wildman–Crippen LogP) is -3.10. The van der Waals surface area contributed by atoms with Crippen LogP contribution in [0.1, 0.15) is 0 Å². The quantitative estimate of drug-likeness (QED) is 0.415. The van der Waals surface area contributed by atoms with Crippen LogP contribution in [0, 0.1) is 0 Å². The van der Waals surface area contributed by atoms with Gasteiger partial charge < -0.3 is 21.3 Å². The molecule has 0 amide bonds. The fourth-order valence-corrected chi connectivity index (χ4v) is 0.701. The van der Waals surface area contributed by atoms with Gasteiger partial charge in [-0.1, -0.05) is 30.4 Å². The summed E-state index contributed by atoms with van der Waals surface area (Å²) in [7, 11) is 0. The molecule has 0 aliphatic rings. The van der Waals surface area contributed by atoms with Gasteiger partial charge in [0.25, 0.3) is 5.17 Å². The third-order valence-corrected chi connectivity index (χ3v) is 1.04. The first-order chi connectivity index (χ1) is 6.52. The Balaban J connectivity index is 0. The Morgan fingerprint density at radius 3 is 1.87 bits per heavy atom. The number of hydrogen-bond donors (Lipinski definition) is 2. The van der Waals surface area contributed by atoms with E-state index in [-0.39, 0.29) is 56.6 Å². The zero-order chi connectivity index (χ0) is 11.0. The Morgan fingerprint density at radius 1 is 1.13 bits per heavy atom. The summed E-state index contributed by atoms with van der Waals surface area (Å²) in [5.74, 6) is 0.676. The third kappa shape index (κ3) is 14.2. The minimum absolute atomic E-state index is 0. The summed E-state index contributed by atoms with van der Waals surface area (Å²) >= 11 is 8.29. The van der Waals surface area contributed by atoms with Gasteiger partial charge >= 0.3 is 51.4 Å². The second-order valence-corrected chi connectivity index (χ2v) is 2.86. The SMILES string of the molecule is NC(=S)Oc1ccccc1.NC([O-])=S.[K+]. The molecule has 1 aromatic rings. The first-order valence-corrected chi connectivity index (χ1v) is 4.33. The molecular formula is C8H9KN2O2S2. The number of nitrogens with two attached hydrogens (primary N) is 2. The molecule has 0 spiro atoms. The van der Waals surface area contributed by atoms with Crippen molar-refractivity contribution in [1.82, 2.24) is 0 Å². The molecule has 0 unspecified atom stereocenters. The van der Waals surface area contributed by atoms with Gasteiger partial charge in [-0.15, -0.1) is 0 Å². The van der Waals surface area contributed by atoms with E-state index in [0.29, 0.717) is 5.75 Å². The smallest absolute Gasteiger partial charge is 0.852 e. The van der Waals surface area contributed by atoms with Gasteiger partial charge in [0.15, 0.2) is 0 Å². The average Bonchev–Trinajstić information content (AvgIpc) is 2.03. The maximum absolute atomic E-state index is 9.04. The van der Waals surface area contributed by atoms with Gasteiger partial charge in [0.1, 0.15) is 5.75 Å². The number of hydrogen-bond acceptors (Lipinski definition) is 4. The summed E-state index contributed by atoms with van der Waals surface area (Å²) in [6, 6.07) is 9.19. The maximum Gasteiger partial charge on any atom is 1.00 e. The summed E-state index contributed by atoms with van der Waals surface area (Å²) in [5.41, 5.74) is 9.42. The molecule has 0 radical (unpaired) electrons. The molecule has 1 rings (SSSR count). The number of thiocarbonyl (C=S) groups is 2. The van der Waals surface area contributed by atoms with E-state index in [0.717, 1.165) is 0 Å². The Hall–Kier alpha value is 0.236. The van der Waals surface area contributed by atoms with Crippen molar-refractivity contribution in [3.63, 3.8) is 0 Å². The fraction of sp³-hybridized carbons (Fsp3) is 0. The van der Waals surface area contributed by atoms with Gasteiger partial charge in [-0.05, 0) is 24.4 Å². The molecule has 0 aliphatic carbocycles. The van der Waals surface area contributed by atoms with E-state index in [2.05, 4.69) is 30.2 Å². The van der Waals surface area contributed by atoms with Gasteiger partial charge in [0, 0.05) is 5.17 Å². The van der Waals surface area contributed by atoms with Gasteiger partial charge in [0.2, 0.25) is 0 Å². The molecule has 0 aromatic heterocycles.